The van der Waals surface area contributed by atoms with E-state index in [4.69, 9.17) is 10.2 Å². The summed E-state index contributed by atoms with van der Waals surface area (Å²) < 4.78 is 5.61. The second-order valence-corrected chi connectivity index (χ2v) is 5.16. The van der Waals surface area contributed by atoms with Crippen LogP contribution in [0.2, 0.25) is 0 Å². The van der Waals surface area contributed by atoms with Gasteiger partial charge >= 0.3 is 0 Å². The summed E-state index contributed by atoms with van der Waals surface area (Å²) in [4.78, 5) is 0. The fraction of sp³-hybridized carbons (Fsp3) is 0.467. The van der Waals surface area contributed by atoms with E-state index in [2.05, 4.69) is 17.4 Å². The Hall–Kier alpha value is -1.32. The lowest BCUT2D eigenvalue weighted by Crippen LogP contribution is -2.25. The maximum atomic E-state index is 5.64. The van der Waals surface area contributed by atoms with E-state index in [0.717, 1.165) is 17.7 Å². The fourth-order valence-corrected chi connectivity index (χ4v) is 2.78. The van der Waals surface area contributed by atoms with Gasteiger partial charge in [0, 0.05) is 30.1 Å². The summed E-state index contributed by atoms with van der Waals surface area (Å²) in [5.74, 6) is 0. The number of furan rings is 1. The van der Waals surface area contributed by atoms with E-state index >= 15 is 0 Å². The van der Waals surface area contributed by atoms with Crippen LogP contribution >= 0.6 is 0 Å². The van der Waals surface area contributed by atoms with Crippen molar-refractivity contribution in [3.63, 3.8) is 0 Å². The maximum Gasteiger partial charge on any atom is 0.134 e. The third-order valence-corrected chi connectivity index (χ3v) is 3.89. The highest BCUT2D eigenvalue weighted by Gasteiger charge is 2.15. The van der Waals surface area contributed by atoms with E-state index in [1.165, 1.54) is 36.6 Å². The monoisotopic (exact) mass is 244 g/mol. The predicted molar refractivity (Wildman–Crippen MR) is 73.2 cm³/mol. The number of rotatable bonds is 4. The van der Waals surface area contributed by atoms with Crippen LogP contribution in [-0.2, 0) is 13.1 Å². The molecular weight excluding hydrogens is 224 g/mol. The predicted octanol–water partition coefficient (Wildman–Crippen LogP) is 2.92. The lowest BCUT2D eigenvalue weighted by molar-refractivity contribution is 0.520. The molecule has 2 aromatic rings. The molecule has 0 atom stereocenters. The summed E-state index contributed by atoms with van der Waals surface area (Å²) in [5.41, 5.74) is 8.95. The first-order chi connectivity index (χ1) is 8.86. The molecule has 1 aliphatic carbocycles. The molecule has 0 unspecified atom stereocenters. The molecule has 96 valence electrons. The van der Waals surface area contributed by atoms with Crippen molar-refractivity contribution in [3.05, 3.63) is 35.6 Å². The average Bonchev–Trinajstić information content (AvgIpc) is 3.05. The molecule has 0 radical (unpaired) electrons. The van der Waals surface area contributed by atoms with Gasteiger partial charge in [-0.05, 0) is 24.5 Å². The zero-order valence-corrected chi connectivity index (χ0v) is 10.6. The van der Waals surface area contributed by atoms with E-state index in [-0.39, 0.29) is 0 Å². The van der Waals surface area contributed by atoms with Crippen molar-refractivity contribution in [2.45, 2.75) is 44.8 Å². The van der Waals surface area contributed by atoms with Crippen LogP contribution in [0.25, 0.3) is 11.0 Å². The molecular formula is C15H20N2O. The highest BCUT2D eigenvalue weighted by atomic mass is 16.3. The number of hydrogen-bond donors (Lipinski definition) is 2. The summed E-state index contributed by atoms with van der Waals surface area (Å²) in [5, 5.41) is 4.83. The lowest BCUT2D eigenvalue weighted by Gasteiger charge is -2.10. The number of fused-ring (bicyclic) bond motifs is 1. The molecule has 0 amide bonds. The van der Waals surface area contributed by atoms with Gasteiger partial charge in [0.15, 0.2) is 0 Å². The van der Waals surface area contributed by atoms with Crippen molar-refractivity contribution in [2.75, 3.05) is 0 Å². The van der Waals surface area contributed by atoms with Gasteiger partial charge in [-0.15, -0.1) is 0 Å². The normalized spacial score (nSPS) is 16.7. The van der Waals surface area contributed by atoms with E-state index in [1.807, 2.05) is 12.3 Å². The summed E-state index contributed by atoms with van der Waals surface area (Å²) in [7, 11) is 0. The van der Waals surface area contributed by atoms with Crippen molar-refractivity contribution in [3.8, 4) is 0 Å². The SMILES string of the molecule is NCc1ccc2c(CNC3CCCC3)coc2c1. The molecule has 0 spiro atoms. The van der Waals surface area contributed by atoms with E-state index < -0.39 is 0 Å². The molecule has 0 saturated heterocycles. The van der Waals surface area contributed by atoms with Gasteiger partial charge in [0.25, 0.3) is 0 Å². The summed E-state index contributed by atoms with van der Waals surface area (Å²) in [6.07, 6.45) is 7.22. The van der Waals surface area contributed by atoms with E-state index in [9.17, 15) is 0 Å². The van der Waals surface area contributed by atoms with Gasteiger partial charge in [-0.25, -0.2) is 0 Å². The number of benzene rings is 1. The Morgan fingerprint density at radius 1 is 1.28 bits per heavy atom. The van der Waals surface area contributed by atoms with Crippen molar-refractivity contribution >= 4 is 11.0 Å². The van der Waals surface area contributed by atoms with Gasteiger partial charge in [-0.3, -0.25) is 0 Å². The molecule has 3 nitrogen and oxygen atoms in total. The highest BCUT2D eigenvalue weighted by Crippen LogP contribution is 2.23. The Labute approximate surface area is 107 Å². The Balaban J connectivity index is 1.75. The second-order valence-electron chi connectivity index (χ2n) is 5.16. The zero-order chi connectivity index (χ0) is 12.4. The first-order valence-electron chi connectivity index (χ1n) is 6.79. The molecule has 1 aromatic carbocycles. The Morgan fingerprint density at radius 3 is 2.89 bits per heavy atom. The number of hydrogen-bond acceptors (Lipinski definition) is 3. The topological polar surface area (TPSA) is 51.2 Å². The molecule has 1 fully saturated rings. The smallest absolute Gasteiger partial charge is 0.134 e. The minimum Gasteiger partial charge on any atom is -0.464 e. The van der Waals surface area contributed by atoms with E-state index in [0.29, 0.717) is 12.6 Å². The Bertz CT molecular complexity index is 526. The van der Waals surface area contributed by atoms with Crippen LogP contribution < -0.4 is 11.1 Å². The van der Waals surface area contributed by atoms with Crippen LogP contribution in [-0.4, -0.2) is 6.04 Å². The third-order valence-electron chi connectivity index (χ3n) is 3.89. The van der Waals surface area contributed by atoms with Gasteiger partial charge in [-0.2, -0.15) is 0 Å². The third kappa shape index (κ3) is 2.28. The standard InChI is InChI=1S/C15H20N2O/c16-8-11-5-6-14-12(10-18-15(14)7-11)9-17-13-3-1-2-4-13/h5-7,10,13,17H,1-4,8-9,16H2. The molecule has 18 heavy (non-hydrogen) atoms. The van der Waals surface area contributed by atoms with Crippen LogP contribution in [0.1, 0.15) is 36.8 Å². The van der Waals surface area contributed by atoms with Crippen LogP contribution in [0.5, 0.6) is 0 Å². The Morgan fingerprint density at radius 2 is 2.11 bits per heavy atom. The Kier molecular flexibility index (Phi) is 3.35. The largest absolute Gasteiger partial charge is 0.464 e. The lowest BCUT2D eigenvalue weighted by atomic mass is 10.1. The highest BCUT2D eigenvalue weighted by molar-refractivity contribution is 5.81. The van der Waals surface area contributed by atoms with Crippen LogP contribution in [0, 0.1) is 0 Å². The molecule has 1 saturated carbocycles. The zero-order valence-electron chi connectivity index (χ0n) is 10.6. The second kappa shape index (κ2) is 5.12. The average molecular weight is 244 g/mol. The van der Waals surface area contributed by atoms with Crippen molar-refractivity contribution in [1.29, 1.82) is 0 Å². The quantitative estimate of drug-likeness (QED) is 0.869. The van der Waals surface area contributed by atoms with Crippen LogP contribution in [0.15, 0.2) is 28.9 Å². The maximum absolute atomic E-state index is 5.64. The summed E-state index contributed by atoms with van der Waals surface area (Å²) in [6.45, 7) is 1.46. The van der Waals surface area contributed by atoms with Gasteiger partial charge < -0.3 is 15.5 Å². The molecule has 0 bridgehead atoms. The minimum absolute atomic E-state index is 0.562. The molecule has 0 aliphatic heterocycles. The fourth-order valence-electron chi connectivity index (χ4n) is 2.78. The molecule has 1 aromatic heterocycles. The van der Waals surface area contributed by atoms with E-state index in [1.54, 1.807) is 0 Å². The molecule has 1 heterocycles. The number of nitrogens with one attached hydrogen (secondary N) is 1. The van der Waals surface area contributed by atoms with Crippen LogP contribution in [0.3, 0.4) is 0 Å². The summed E-state index contributed by atoms with van der Waals surface area (Å²) >= 11 is 0. The molecule has 3 N–H and O–H groups in total. The van der Waals surface area contributed by atoms with Gasteiger partial charge in [0.1, 0.15) is 5.58 Å². The molecule has 3 rings (SSSR count). The van der Waals surface area contributed by atoms with Crippen molar-refractivity contribution in [2.24, 2.45) is 5.73 Å². The van der Waals surface area contributed by atoms with Gasteiger partial charge in [-0.1, -0.05) is 25.0 Å². The molecule has 1 aliphatic rings. The minimum atomic E-state index is 0.562. The molecule has 3 heteroatoms. The first kappa shape index (κ1) is 11.8. The summed E-state index contributed by atoms with van der Waals surface area (Å²) in [6, 6.07) is 6.93. The van der Waals surface area contributed by atoms with Gasteiger partial charge in [0.05, 0.1) is 6.26 Å². The number of nitrogens with two attached hydrogens (primary N) is 1. The van der Waals surface area contributed by atoms with Crippen molar-refractivity contribution in [1.82, 2.24) is 5.32 Å². The van der Waals surface area contributed by atoms with Crippen LogP contribution in [0.4, 0.5) is 0 Å². The van der Waals surface area contributed by atoms with Gasteiger partial charge in [0.2, 0.25) is 0 Å². The first-order valence-corrected chi connectivity index (χ1v) is 6.79. The van der Waals surface area contributed by atoms with Crippen molar-refractivity contribution < 1.29 is 4.42 Å².